The number of fused-ring (bicyclic) bond motifs is 1. The molecule has 2 N–H and O–H groups in total. The summed E-state index contributed by atoms with van der Waals surface area (Å²) in [5.41, 5.74) is 0. The Hall–Kier alpha value is -0.710. The maximum absolute atomic E-state index is 12.1. The molecule has 0 bridgehead atoms. The molecule has 148 valence electrons. The molecule has 26 heavy (non-hydrogen) atoms. The van der Waals surface area contributed by atoms with Crippen LogP contribution in [0.3, 0.4) is 0 Å². The predicted molar refractivity (Wildman–Crippen MR) is 116 cm³/mol. The lowest BCUT2D eigenvalue weighted by Gasteiger charge is -2.30. The van der Waals surface area contributed by atoms with Crippen LogP contribution in [0.2, 0.25) is 0 Å². The van der Waals surface area contributed by atoms with Gasteiger partial charge in [0.05, 0.1) is 6.54 Å². The smallest absolute Gasteiger partial charge is 0.191 e. The largest absolute Gasteiger partial charge is 0.354 e. The average molecular weight is 494 g/mol. The number of nitrogens with one attached hydrogen (secondary N) is 2. The van der Waals surface area contributed by atoms with E-state index in [1.165, 1.54) is 12.8 Å². The van der Waals surface area contributed by atoms with E-state index in [2.05, 4.69) is 30.4 Å². The number of aliphatic imine (C=N–C) groups is 1. The summed E-state index contributed by atoms with van der Waals surface area (Å²) in [6.07, 6.45) is 7.71. The van der Waals surface area contributed by atoms with Gasteiger partial charge in [-0.05, 0) is 32.1 Å². The van der Waals surface area contributed by atoms with Gasteiger partial charge >= 0.3 is 0 Å². The van der Waals surface area contributed by atoms with Crippen LogP contribution in [0.4, 0.5) is 0 Å². The first kappa shape index (κ1) is 21.6. The standard InChI is InChI=1S/C17H30N6OS.HI/c1-3-25(24)14-8-6-7-13(11-14)20-17(18-2)19-12-16-22-21-15-9-4-5-10-23(15)16;/h13-14H,3-12H2,1-2H3,(H2,18,19,20);1H. The molecule has 0 aromatic carbocycles. The first-order chi connectivity index (χ1) is 12.2. The molecule has 2 heterocycles. The van der Waals surface area contributed by atoms with Gasteiger partial charge in [-0.2, -0.15) is 0 Å². The Labute approximate surface area is 175 Å². The van der Waals surface area contributed by atoms with Gasteiger partial charge in [0.2, 0.25) is 0 Å². The lowest BCUT2D eigenvalue weighted by molar-refractivity contribution is 0.413. The van der Waals surface area contributed by atoms with Crippen LogP contribution >= 0.6 is 24.0 Å². The molecule has 9 heteroatoms. The zero-order valence-electron chi connectivity index (χ0n) is 15.7. The fourth-order valence-electron chi connectivity index (χ4n) is 3.80. The van der Waals surface area contributed by atoms with Gasteiger partial charge < -0.3 is 15.2 Å². The van der Waals surface area contributed by atoms with Gasteiger partial charge in [0, 0.05) is 47.9 Å². The van der Waals surface area contributed by atoms with Gasteiger partial charge in [0.15, 0.2) is 11.8 Å². The van der Waals surface area contributed by atoms with Crippen molar-refractivity contribution in [2.75, 3.05) is 12.8 Å². The van der Waals surface area contributed by atoms with E-state index in [4.69, 9.17) is 0 Å². The molecule has 0 saturated heterocycles. The van der Waals surface area contributed by atoms with Gasteiger partial charge in [-0.1, -0.05) is 13.3 Å². The van der Waals surface area contributed by atoms with Crippen molar-refractivity contribution in [3.8, 4) is 0 Å². The Bertz CT molecular complexity index is 635. The van der Waals surface area contributed by atoms with Crippen LogP contribution in [0.15, 0.2) is 4.99 Å². The molecule has 1 fully saturated rings. The second kappa shape index (κ2) is 10.6. The summed E-state index contributed by atoms with van der Waals surface area (Å²) < 4.78 is 14.3. The van der Waals surface area contributed by atoms with Crippen molar-refractivity contribution in [3.63, 3.8) is 0 Å². The van der Waals surface area contributed by atoms with E-state index in [0.717, 1.165) is 62.0 Å². The predicted octanol–water partition coefficient (Wildman–Crippen LogP) is 1.98. The van der Waals surface area contributed by atoms with E-state index in [1.807, 2.05) is 6.92 Å². The summed E-state index contributed by atoms with van der Waals surface area (Å²) in [6.45, 7) is 3.65. The normalized spacial score (nSPS) is 24.3. The molecule has 1 aliphatic carbocycles. The summed E-state index contributed by atoms with van der Waals surface area (Å²) in [6, 6.07) is 0.341. The van der Waals surface area contributed by atoms with Gasteiger partial charge in [0.1, 0.15) is 5.82 Å². The summed E-state index contributed by atoms with van der Waals surface area (Å²) in [7, 11) is 1.09. The molecule has 1 aromatic heterocycles. The SMILES string of the molecule is CCS(=O)C1CCCC(NC(=NC)NCc2nnc3n2CCCC3)C1.I. The monoisotopic (exact) mass is 494 g/mol. The average Bonchev–Trinajstić information content (AvgIpc) is 3.08. The summed E-state index contributed by atoms with van der Waals surface area (Å²) in [4.78, 5) is 4.34. The second-order valence-corrected chi connectivity index (χ2v) is 8.87. The van der Waals surface area contributed by atoms with Crippen molar-refractivity contribution >= 4 is 40.7 Å². The molecule has 1 aromatic rings. The molecule has 7 nitrogen and oxygen atoms in total. The van der Waals surface area contributed by atoms with Crippen molar-refractivity contribution in [2.45, 2.75) is 76.3 Å². The Morgan fingerprint density at radius 1 is 1.31 bits per heavy atom. The van der Waals surface area contributed by atoms with Crippen LogP contribution in [-0.2, 0) is 30.3 Å². The number of aryl methyl sites for hydroxylation is 1. The molecule has 2 aliphatic rings. The summed E-state index contributed by atoms with van der Waals surface area (Å²) in [5.74, 6) is 3.62. The van der Waals surface area contributed by atoms with Crippen molar-refractivity contribution in [3.05, 3.63) is 11.6 Å². The highest BCUT2D eigenvalue weighted by molar-refractivity contribution is 14.0. The number of nitrogens with zero attached hydrogens (tertiary/aromatic N) is 4. The van der Waals surface area contributed by atoms with Crippen LogP contribution in [-0.4, -0.2) is 49.0 Å². The number of hydrogen-bond donors (Lipinski definition) is 2. The zero-order valence-corrected chi connectivity index (χ0v) is 18.9. The number of guanidine groups is 1. The number of rotatable bonds is 5. The maximum atomic E-state index is 12.1. The fraction of sp³-hybridized carbons (Fsp3) is 0.824. The van der Waals surface area contributed by atoms with Gasteiger partial charge in [0.25, 0.3) is 0 Å². The highest BCUT2D eigenvalue weighted by Gasteiger charge is 2.26. The molecule has 1 aliphatic heterocycles. The Balaban J connectivity index is 0.00000243. The maximum Gasteiger partial charge on any atom is 0.191 e. The molecule has 0 radical (unpaired) electrons. The van der Waals surface area contributed by atoms with Crippen molar-refractivity contribution in [1.29, 1.82) is 0 Å². The van der Waals surface area contributed by atoms with E-state index in [0.29, 0.717) is 17.8 Å². The quantitative estimate of drug-likeness (QED) is 0.372. The minimum absolute atomic E-state index is 0. The molecule has 3 unspecified atom stereocenters. The van der Waals surface area contributed by atoms with Crippen LogP contribution in [0, 0.1) is 0 Å². The van der Waals surface area contributed by atoms with Gasteiger partial charge in [-0.25, -0.2) is 0 Å². The molecule has 0 amide bonds. The summed E-state index contributed by atoms with van der Waals surface area (Å²) in [5, 5.41) is 15.8. The number of aromatic nitrogens is 3. The second-order valence-electron chi connectivity index (χ2n) is 6.87. The Morgan fingerprint density at radius 2 is 2.15 bits per heavy atom. The van der Waals surface area contributed by atoms with E-state index < -0.39 is 10.8 Å². The van der Waals surface area contributed by atoms with Crippen LogP contribution in [0.1, 0.15) is 57.1 Å². The third kappa shape index (κ3) is 5.40. The highest BCUT2D eigenvalue weighted by atomic mass is 127. The molecular weight excluding hydrogens is 463 g/mol. The minimum atomic E-state index is -0.703. The molecule has 1 saturated carbocycles. The molecule has 3 atom stereocenters. The Morgan fingerprint density at radius 3 is 2.92 bits per heavy atom. The fourth-order valence-corrected chi connectivity index (χ4v) is 5.15. The van der Waals surface area contributed by atoms with Gasteiger partial charge in [-0.15, -0.1) is 34.2 Å². The molecular formula is C17H31IN6OS. The first-order valence-corrected chi connectivity index (χ1v) is 10.8. The van der Waals surface area contributed by atoms with Crippen molar-refractivity contribution < 1.29 is 4.21 Å². The van der Waals surface area contributed by atoms with Crippen molar-refractivity contribution in [1.82, 2.24) is 25.4 Å². The van der Waals surface area contributed by atoms with E-state index in [9.17, 15) is 4.21 Å². The third-order valence-electron chi connectivity index (χ3n) is 5.20. The molecule has 3 rings (SSSR count). The number of hydrogen-bond acceptors (Lipinski definition) is 4. The van der Waals surface area contributed by atoms with Crippen LogP contribution in [0.5, 0.6) is 0 Å². The van der Waals surface area contributed by atoms with Crippen LogP contribution < -0.4 is 10.6 Å². The van der Waals surface area contributed by atoms with E-state index in [-0.39, 0.29) is 24.0 Å². The minimum Gasteiger partial charge on any atom is -0.354 e. The number of halogens is 1. The highest BCUT2D eigenvalue weighted by Crippen LogP contribution is 2.23. The van der Waals surface area contributed by atoms with Crippen LogP contribution in [0.25, 0.3) is 0 Å². The van der Waals surface area contributed by atoms with E-state index >= 15 is 0 Å². The zero-order chi connectivity index (χ0) is 17.6. The van der Waals surface area contributed by atoms with Gasteiger partial charge in [-0.3, -0.25) is 9.20 Å². The van der Waals surface area contributed by atoms with E-state index in [1.54, 1.807) is 7.05 Å². The third-order valence-corrected chi connectivity index (χ3v) is 6.94. The van der Waals surface area contributed by atoms with Crippen molar-refractivity contribution in [2.24, 2.45) is 4.99 Å². The lowest BCUT2D eigenvalue weighted by atomic mass is 9.95. The lowest BCUT2D eigenvalue weighted by Crippen LogP contribution is -2.46. The topological polar surface area (TPSA) is 84.2 Å². The molecule has 0 spiro atoms. The Kier molecular flexibility index (Phi) is 8.78. The summed E-state index contributed by atoms with van der Waals surface area (Å²) >= 11 is 0. The first-order valence-electron chi connectivity index (χ1n) is 9.46.